The molecule has 0 aliphatic heterocycles. The standard InChI is InChI=1S/C26H36N4O5S/c1-6-8-30(5)13-22-15(3)10-21(36-22)26-28-25(29-35-26)18-9-16(4)23(17(7-2)11-18)34-14-19(31)12-20(32)24(27)33/h9-11,19-20,31-32H,6-8,12-14H2,1-5H3,(H2,27,33)/t19-,20?/m0/s1. The number of aryl methyl sites for hydroxylation is 3. The van der Waals surface area contributed by atoms with Gasteiger partial charge in [0.15, 0.2) is 0 Å². The van der Waals surface area contributed by atoms with Crippen LogP contribution >= 0.6 is 11.3 Å². The number of amides is 1. The third kappa shape index (κ3) is 6.91. The van der Waals surface area contributed by atoms with Crippen LogP contribution in [0.5, 0.6) is 5.75 Å². The smallest absolute Gasteiger partial charge is 0.268 e. The third-order valence-electron chi connectivity index (χ3n) is 5.91. The molecular formula is C26H36N4O5S. The Morgan fingerprint density at radius 2 is 1.97 bits per heavy atom. The van der Waals surface area contributed by atoms with Crippen molar-refractivity contribution < 1.29 is 24.3 Å². The van der Waals surface area contributed by atoms with Crippen LogP contribution in [-0.2, 0) is 17.8 Å². The molecule has 0 aliphatic carbocycles. The van der Waals surface area contributed by atoms with Crippen molar-refractivity contribution in [3.8, 4) is 27.9 Å². The Morgan fingerprint density at radius 3 is 2.64 bits per heavy atom. The summed E-state index contributed by atoms with van der Waals surface area (Å²) in [6.07, 6.45) is -0.822. The molecule has 0 spiro atoms. The molecule has 196 valence electrons. The van der Waals surface area contributed by atoms with Gasteiger partial charge in [-0.1, -0.05) is 19.0 Å². The lowest BCUT2D eigenvalue weighted by molar-refractivity contribution is -0.127. The van der Waals surface area contributed by atoms with Gasteiger partial charge in [0, 0.05) is 23.4 Å². The monoisotopic (exact) mass is 516 g/mol. The van der Waals surface area contributed by atoms with Gasteiger partial charge in [-0.15, -0.1) is 11.3 Å². The average molecular weight is 517 g/mol. The largest absolute Gasteiger partial charge is 0.490 e. The zero-order valence-electron chi connectivity index (χ0n) is 21.6. The van der Waals surface area contributed by atoms with Crippen molar-refractivity contribution >= 4 is 17.2 Å². The first-order chi connectivity index (χ1) is 17.1. The quantitative estimate of drug-likeness (QED) is 0.314. The number of nitrogens with zero attached hydrogens (tertiary/aromatic N) is 3. The van der Waals surface area contributed by atoms with Gasteiger partial charge in [0.05, 0.1) is 11.0 Å². The van der Waals surface area contributed by atoms with E-state index in [1.54, 1.807) is 11.3 Å². The van der Waals surface area contributed by atoms with Crippen molar-refractivity contribution in [2.75, 3.05) is 20.2 Å². The molecule has 1 amide bonds. The molecule has 1 aromatic carbocycles. The molecule has 2 heterocycles. The summed E-state index contributed by atoms with van der Waals surface area (Å²) in [7, 11) is 2.12. The molecule has 4 N–H and O–H groups in total. The molecule has 2 atom stereocenters. The molecule has 1 unspecified atom stereocenters. The van der Waals surface area contributed by atoms with Crippen LogP contribution in [0, 0.1) is 13.8 Å². The summed E-state index contributed by atoms with van der Waals surface area (Å²) >= 11 is 1.68. The predicted molar refractivity (Wildman–Crippen MR) is 140 cm³/mol. The number of thiophene rings is 1. The molecule has 10 heteroatoms. The van der Waals surface area contributed by atoms with Gasteiger partial charge in [-0.25, -0.2) is 0 Å². The first-order valence-electron chi connectivity index (χ1n) is 12.2. The summed E-state index contributed by atoms with van der Waals surface area (Å²) in [6.45, 7) is 10.1. The van der Waals surface area contributed by atoms with Crippen LogP contribution in [0.4, 0.5) is 0 Å². The van der Waals surface area contributed by atoms with Gasteiger partial charge >= 0.3 is 0 Å². The first kappa shape index (κ1) is 27.8. The highest BCUT2D eigenvalue weighted by atomic mass is 32.1. The number of carbonyl (C=O) groups is 1. The highest BCUT2D eigenvalue weighted by molar-refractivity contribution is 7.15. The molecule has 3 rings (SSSR count). The summed E-state index contributed by atoms with van der Waals surface area (Å²) < 4.78 is 11.5. The van der Waals surface area contributed by atoms with Crippen LogP contribution in [0.15, 0.2) is 22.7 Å². The van der Waals surface area contributed by atoms with Crippen LogP contribution in [0.25, 0.3) is 22.2 Å². The SMILES string of the molecule is CCCN(C)Cc1sc(-c2nc(-c3cc(C)c(OC[C@@H](O)CC(O)C(N)=O)c(CC)c3)no2)cc1C. The van der Waals surface area contributed by atoms with Crippen molar-refractivity contribution in [1.29, 1.82) is 0 Å². The molecule has 0 bridgehead atoms. The van der Waals surface area contributed by atoms with Crippen molar-refractivity contribution in [1.82, 2.24) is 15.0 Å². The molecule has 2 aromatic heterocycles. The number of ether oxygens (including phenoxy) is 1. The van der Waals surface area contributed by atoms with Gasteiger partial charge < -0.3 is 30.1 Å². The van der Waals surface area contributed by atoms with Crippen molar-refractivity contribution in [3.05, 3.63) is 39.8 Å². The minimum absolute atomic E-state index is 0.0720. The Kier molecular flexibility index (Phi) is 9.61. The van der Waals surface area contributed by atoms with Gasteiger partial charge in [0.1, 0.15) is 18.5 Å². The van der Waals surface area contributed by atoms with Crippen molar-refractivity contribution in [2.45, 2.75) is 65.7 Å². The van der Waals surface area contributed by atoms with E-state index >= 15 is 0 Å². The van der Waals surface area contributed by atoms with E-state index in [4.69, 9.17) is 15.0 Å². The number of nitrogens with two attached hydrogens (primary N) is 1. The Balaban J connectivity index is 1.76. The van der Waals surface area contributed by atoms with Crippen molar-refractivity contribution in [2.24, 2.45) is 5.73 Å². The summed E-state index contributed by atoms with van der Waals surface area (Å²) in [5.74, 6) is 0.762. The topological polar surface area (TPSA) is 135 Å². The fourth-order valence-electron chi connectivity index (χ4n) is 4.00. The normalized spacial score (nSPS) is 13.2. The Hall–Kier alpha value is -2.79. The van der Waals surface area contributed by atoms with Crippen LogP contribution in [-0.4, -0.2) is 63.6 Å². The van der Waals surface area contributed by atoms with Gasteiger partial charge in [-0.05, 0) is 75.2 Å². The zero-order valence-corrected chi connectivity index (χ0v) is 22.4. The second-order valence-corrected chi connectivity index (χ2v) is 10.3. The number of primary amides is 1. The van der Waals surface area contributed by atoms with Crippen LogP contribution in [0.1, 0.15) is 48.3 Å². The van der Waals surface area contributed by atoms with Crippen LogP contribution in [0.2, 0.25) is 0 Å². The third-order valence-corrected chi connectivity index (χ3v) is 7.12. The summed E-state index contributed by atoms with van der Waals surface area (Å²) in [4.78, 5) is 20.2. The summed E-state index contributed by atoms with van der Waals surface area (Å²) in [6, 6.07) is 5.96. The second kappa shape index (κ2) is 12.4. The number of rotatable bonds is 13. The number of aromatic nitrogens is 2. The Morgan fingerprint density at radius 1 is 1.22 bits per heavy atom. The van der Waals surface area contributed by atoms with E-state index in [0.717, 1.165) is 41.1 Å². The molecule has 36 heavy (non-hydrogen) atoms. The van der Waals surface area contributed by atoms with E-state index in [0.29, 0.717) is 23.9 Å². The Bertz CT molecular complexity index is 1180. The highest BCUT2D eigenvalue weighted by Gasteiger charge is 2.20. The van der Waals surface area contributed by atoms with E-state index in [1.165, 1.54) is 10.4 Å². The maximum Gasteiger partial charge on any atom is 0.268 e. The Labute approximate surface area is 215 Å². The number of carbonyl (C=O) groups excluding carboxylic acids is 1. The molecular weight excluding hydrogens is 480 g/mol. The summed E-state index contributed by atoms with van der Waals surface area (Å²) in [5, 5.41) is 23.9. The van der Waals surface area contributed by atoms with E-state index in [-0.39, 0.29) is 13.0 Å². The second-order valence-electron chi connectivity index (χ2n) is 9.13. The number of hydrogen-bond donors (Lipinski definition) is 3. The van der Waals surface area contributed by atoms with Gasteiger partial charge in [0.2, 0.25) is 11.7 Å². The van der Waals surface area contributed by atoms with Crippen molar-refractivity contribution in [3.63, 3.8) is 0 Å². The lowest BCUT2D eigenvalue weighted by Gasteiger charge is -2.18. The first-order valence-corrected chi connectivity index (χ1v) is 13.0. The van der Waals surface area contributed by atoms with Gasteiger partial charge in [-0.2, -0.15) is 4.98 Å². The molecule has 0 radical (unpaired) electrons. The van der Waals surface area contributed by atoms with Crippen LogP contribution in [0.3, 0.4) is 0 Å². The minimum atomic E-state index is -1.41. The molecule has 0 saturated heterocycles. The molecule has 3 aromatic rings. The summed E-state index contributed by atoms with van der Waals surface area (Å²) in [5.41, 5.74) is 8.85. The fourth-order valence-corrected chi connectivity index (χ4v) is 5.17. The van der Waals surface area contributed by atoms with Gasteiger partial charge in [0.25, 0.3) is 5.89 Å². The molecule has 0 aliphatic rings. The van der Waals surface area contributed by atoms with Crippen LogP contribution < -0.4 is 10.5 Å². The zero-order chi connectivity index (χ0) is 26.4. The minimum Gasteiger partial charge on any atom is -0.490 e. The van der Waals surface area contributed by atoms with E-state index in [2.05, 4.69) is 42.0 Å². The van der Waals surface area contributed by atoms with E-state index < -0.39 is 18.1 Å². The molecule has 9 nitrogen and oxygen atoms in total. The fraction of sp³-hybridized carbons (Fsp3) is 0.500. The maximum absolute atomic E-state index is 11.0. The number of aliphatic hydroxyl groups excluding tert-OH is 2. The van der Waals surface area contributed by atoms with E-state index in [9.17, 15) is 15.0 Å². The number of hydrogen-bond acceptors (Lipinski definition) is 9. The lowest BCUT2D eigenvalue weighted by atomic mass is 10.0. The predicted octanol–water partition coefficient (Wildman–Crippen LogP) is 3.46. The maximum atomic E-state index is 11.0. The highest BCUT2D eigenvalue weighted by Crippen LogP contribution is 2.34. The lowest BCUT2D eigenvalue weighted by Crippen LogP contribution is -2.33. The number of benzene rings is 1. The molecule has 0 fully saturated rings. The average Bonchev–Trinajstić information content (AvgIpc) is 3.45. The van der Waals surface area contributed by atoms with Gasteiger partial charge in [-0.3, -0.25) is 4.79 Å². The number of aliphatic hydroxyl groups is 2. The van der Waals surface area contributed by atoms with E-state index in [1.807, 2.05) is 26.0 Å². The molecule has 0 saturated carbocycles.